The van der Waals surface area contributed by atoms with E-state index in [0.29, 0.717) is 28.6 Å². The minimum absolute atomic E-state index is 0.0606. The molecule has 1 N–H and O–H groups in total. The zero-order valence-corrected chi connectivity index (χ0v) is 33.0. The average molecular weight is 804 g/mol. The molecule has 7 nitrogen and oxygen atoms in total. The molecule has 7 aromatic rings. The molecular weight excluding hydrogens is 760 g/mol. The summed E-state index contributed by atoms with van der Waals surface area (Å²) >= 11 is 0. The normalized spacial score (nSPS) is 15.8. The minimum Gasteiger partial charge on any atom is -0.334 e. The van der Waals surface area contributed by atoms with Crippen molar-refractivity contribution >= 4 is 28.5 Å². The molecule has 60 heavy (non-hydrogen) atoms. The highest BCUT2D eigenvalue weighted by Gasteiger charge is 2.41. The van der Waals surface area contributed by atoms with Crippen molar-refractivity contribution < 1.29 is 22.8 Å². The largest absolute Gasteiger partial charge is 0.334 e. The Morgan fingerprint density at radius 2 is 1.28 bits per heavy atom. The summed E-state index contributed by atoms with van der Waals surface area (Å²) in [7, 11) is 0. The fourth-order valence-electron chi connectivity index (χ4n) is 9.21. The van der Waals surface area contributed by atoms with Gasteiger partial charge in [-0.3, -0.25) is 9.59 Å². The molecule has 0 aliphatic carbocycles. The Balaban J connectivity index is 1.16. The van der Waals surface area contributed by atoms with Gasteiger partial charge in [-0.05, 0) is 115 Å². The molecule has 3 heterocycles. The van der Waals surface area contributed by atoms with Crippen molar-refractivity contribution in [2.45, 2.75) is 43.7 Å². The van der Waals surface area contributed by atoms with Crippen LogP contribution in [0.15, 0.2) is 146 Å². The quantitative estimate of drug-likeness (QED) is 0.132. The fraction of sp³-hybridized carbons (Fsp3) is 0.220. The first-order valence-electron chi connectivity index (χ1n) is 20.6. The highest BCUT2D eigenvalue weighted by molar-refractivity contribution is 6.09. The van der Waals surface area contributed by atoms with Gasteiger partial charge in [0, 0.05) is 36.1 Å². The van der Waals surface area contributed by atoms with Crippen LogP contribution in [0.5, 0.6) is 0 Å². The number of nitrogens with one attached hydrogen (secondary N) is 1. The molecule has 0 unspecified atom stereocenters. The van der Waals surface area contributed by atoms with Crippen LogP contribution in [0.3, 0.4) is 0 Å². The maximum atomic E-state index is 15.8. The first-order chi connectivity index (χ1) is 29.3. The lowest BCUT2D eigenvalue weighted by atomic mass is 9.77. The molecule has 1 atom stereocenters. The number of anilines is 1. The Kier molecular flexibility index (Phi) is 10.8. The van der Waals surface area contributed by atoms with Gasteiger partial charge in [0.25, 0.3) is 11.8 Å². The molecule has 0 radical (unpaired) electrons. The standard InChI is InChI=1S/C50H44F3N5O2/c51-40-28-35(29-41(52)32-40)27-34-20-23-46-44(30-34)47(55-58(46)50(37-13-4-1-5-14-37,38-15-6-2-7-16-38)39-17-8-3-9-18-39)54-48(59)43-31-36(21-22-45(43)53)49(60)57-26-12-19-42(57)33-56-24-10-11-25-56/h1-9,13-18,20-23,28-32,42H,10-12,19,24-27,33H2,(H,54,55,59)/t42-/m0/s1. The third-order valence-electron chi connectivity index (χ3n) is 12.0. The van der Waals surface area contributed by atoms with Crippen LogP contribution in [0.4, 0.5) is 19.0 Å². The van der Waals surface area contributed by atoms with Crippen LogP contribution in [0.2, 0.25) is 0 Å². The molecule has 2 saturated heterocycles. The van der Waals surface area contributed by atoms with E-state index in [0.717, 1.165) is 68.1 Å². The number of likely N-dealkylation sites (tertiary alicyclic amines) is 2. The van der Waals surface area contributed by atoms with E-state index in [9.17, 15) is 18.4 Å². The maximum absolute atomic E-state index is 15.8. The molecule has 2 aliphatic heterocycles. The Bertz CT molecular complexity index is 2550. The van der Waals surface area contributed by atoms with Crippen LogP contribution >= 0.6 is 0 Å². The van der Waals surface area contributed by atoms with E-state index < -0.39 is 28.9 Å². The van der Waals surface area contributed by atoms with Crippen molar-refractivity contribution in [1.82, 2.24) is 19.6 Å². The summed E-state index contributed by atoms with van der Waals surface area (Å²) in [4.78, 5) is 32.6. The Morgan fingerprint density at radius 3 is 1.90 bits per heavy atom. The fourth-order valence-corrected chi connectivity index (χ4v) is 9.21. The highest BCUT2D eigenvalue weighted by atomic mass is 19.1. The summed E-state index contributed by atoms with van der Waals surface area (Å²) in [6.07, 6.45) is 4.30. The first-order valence-corrected chi connectivity index (χ1v) is 20.6. The van der Waals surface area contributed by atoms with Crippen molar-refractivity contribution in [2.75, 3.05) is 31.5 Å². The van der Waals surface area contributed by atoms with Gasteiger partial charge in [0.05, 0.1) is 11.1 Å². The van der Waals surface area contributed by atoms with Crippen LogP contribution in [0.1, 0.15) is 74.2 Å². The second-order valence-electron chi connectivity index (χ2n) is 15.8. The summed E-state index contributed by atoms with van der Waals surface area (Å²) in [5.74, 6) is -2.98. The van der Waals surface area contributed by atoms with E-state index in [4.69, 9.17) is 5.10 Å². The third kappa shape index (κ3) is 7.47. The zero-order chi connectivity index (χ0) is 41.2. The smallest absolute Gasteiger partial charge is 0.259 e. The SMILES string of the molecule is O=C(Nc1nn(C(c2ccccc2)(c2ccccc2)c2ccccc2)c2ccc(Cc3cc(F)cc(F)c3)cc12)c1cc(C(=O)N2CCC[C@H]2CN2CCCC2)ccc1F. The lowest BCUT2D eigenvalue weighted by Crippen LogP contribution is -2.42. The highest BCUT2D eigenvalue weighted by Crippen LogP contribution is 2.44. The molecule has 0 spiro atoms. The molecule has 6 aromatic carbocycles. The number of halogens is 3. The molecule has 1 aromatic heterocycles. The number of fused-ring (bicyclic) bond motifs is 1. The van der Waals surface area contributed by atoms with Crippen LogP contribution < -0.4 is 5.32 Å². The van der Waals surface area contributed by atoms with E-state index in [1.807, 2.05) is 119 Å². The van der Waals surface area contributed by atoms with Crippen molar-refractivity contribution in [3.05, 3.63) is 202 Å². The minimum atomic E-state index is -1.07. The van der Waals surface area contributed by atoms with Gasteiger partial charge < -0.3 is 15.1 Å². The molecule has 2 amide bonds. The topological polar surface area (TPSA) is 70.5 Å². The zero-order valence-electron chi connectivity index (χ0n) is 33.0. The molecule has 302 valence electrons. The van der Waals surface area contributed by atoms with Crippen molar-refractivity contribution in [2.24, 2.45) is 0 Å². The summed E-state index contributed by atoms with van der Waals surface area (Å²) in [6, 6.07) is 42.9. The summed E-state index contributed by atoms with van der Waals surface area (Å²) < 4.78 is 46.3. The van der Waals surface area contributed by atoms with Crippen molar-refractivity contribution in [1.29, 1.82) is 0 Å². The summed E-state index contributed by atoms with van der Waals surface area (Å²) in [5.41, 5.74) is 3.34. The van der Waals surface area contributed by atoms with E-state index in [-0.39, 0.29) is 35.3 Å². The predicted molar refractivity (Wildman–Crippen MR) is 228 cm³/mol. The molecule has 2 fully saturated rings. The number of nitrogens with zero attached hydrogens (tertiary/aromatic N) is 4. The van der Waals surface area contributed by atoms with Crippen molar-refractivity contribution in [3.63, 3.8) is 0 Å². The van der Waals surface area contributed by atoms with Crippen LogP contribution in [-0.4, -0.2) is 63.6 Å². The van der Waals surface area contributed by atoms with Gasteiger partial charge in [0.15, 0.2) is 5.82 Å². The van der Waals surface area contributed by atoms with Crippen LogP contribution in [-0.2, 0) is 12.0 Å². The number of carbonyl (C=O) groups excluding carboxylic acids is 2. The maximum Gasteiger partial charge on any atom is 0.259 e. The van der Waals surface area contributed by atoms with Gasteiger partial charge in [-0.15, -0.1) is 0 Å². The van der Waals surface area contributed by atoms with Gasteiger partial charge in [-0.2, -0.15) is 5.10 Å². The lowest BCUT2D eigenvalue weighted by molar-refractivity contribution is 0.0708. The molecule has 10 heteroatoms. The second-order valence-corrected chi connectivity index (χ2v) is 15.8. The average Bonchev–Trinajstić information content (AvgIpc) is 4.04. The molecule has 0 saturated carbocycles. The van der Waals surface area contributed by atoms with Gasteiger partial charge >= 0.3 is 0 Å². The summed E-state index contributed by atoms with van der Waals surface area (Å²) in [6.45, 7) is 3.47. The molecule has 0 bridgehead atoms. The predicted octanol–water partition coefficient (Wildman–Crippen LogP) is 9.84. The molecule has 2 aliphatic rings. The number of rotatable bonds is 11. The van der Waals surface area contributed by atoms with Crippen LogP contribution in [0.25, 0.3) is 10.9 Å². The summed E-state index contributed by atoms with van der Waals surface area (Å²) in [5, 5.41) is 8.66. The Hall–Kier alpha value is -6.52. The number of amides is 2. The van der Waals surface area contributed by atoms with Crippen molar-refractivity contribution in [3.8, 4) is 0 Å². The third-order valence-corrected chi connectivity index (χ3v) is 12.0. The number of benzene rings is 6. The van der Waals surface area contributed by atoms with Gasteiger partial charge in [-0.1, -0.05) is 97.1 Å². The van der Waals surface area contributed by atoms with Crippen LogP contribution in [0, 0.1) is 17.5 Å². The van der Waals surface area contributed by atoms with Gasteiger partial charge in [0.1, 0.15) is 23.0 Å². The van der Waals surface area contributed by atoms with E-state index >= 15 is 4.39 Å². The number of hydrogen-bond donors (Lipinski definition) is 1. The monoisotopic (exact) mass is 803 g/mol. The molecule has 9 rings (SSSR count). The first kappa shape index (κ1) is 39.0. The second kappa shape index (κ2) is 16.6. The lowest BCUT2D eigenvalue weighted by Gasteiger charge is -2.37. The van der Waals surface area contributed by atoms with E-state index in [1.54, 1.807) is 0 Å². The van der Waals surface area contributed by atoms with E-state index in [2.05, 4.69) is 10.2 Å². The van der Waals surface area contributed by atoms with E-state index in [1.165, 1.54) is 30.3 Å². The number of hydrogen-bond acceptors (Lipinski definition) is 4. The van der Waals surface area contributed by atoms with Gasteiger partial charge in [-0.25, -0.2) is 17.9 Å². The number of carbonyl (C=O) groups is 2. The Morgan fingerprint density at radius 1 is 0.667 bits per heavy atom. The molecular formula is C50H44F3N5O2. The number of aromatic nitrogens is 2. The van der Waals surface area contributed by atoms with Gasteiger partial charge in [0.2, 0.25) is 0 Å². The Labute approximate surface area is 347 Å².